The second kappa shape index (κ2) is 4.17. The Bertz CT molecular complexity index is 448. The van der Waals surface area contributed by atoms with E-state index >= 15 is 0 Å². The van der Waals surface area contributed by atoms with Crippen molar-refractivity contribution >= 4 is 11.6 Å². The number of hydrogen-bond acceptors (Lipinski definition) is 1. The number of nitrogens with zero attached hydrogens (tertiary/aromatic N) is 1. The van der Waals surface area contributed by atoms with Gasteiger partial charge in [-0.2, -0.15) is 0 Å². The van der Waals surface area contributed by atoms with Crippen LogP contribution in [0.1, 0.15) is 36.8 Å². The molecule has 0 atom stereocenters. The van der Waals surface area contributed by atoms with Crippen LogP contribution in [0.15, 0.2) is 18.2 Å². The molecule has 90 valence electrons. The number of aryl methyl sites for hydroxylation is 2. The zero-order chi connectivity index (χ0) is 11.8. The van der Waals surface area contributed by atoms with Gasteiger partial charge in [0.15, 0.2) is 0 Å². The van der Waals surface area contributed by atoms with Gasteiger partial charge < -0.3 is 4.90 Å². The quantitative estimate of drug-likeness (QED) is 0.724. The molecule has 0 saturated heterocycles. The third-order valence-electron chi connectivity index (χ3n) is 3.80. The van der Waals surface area contributed by atoms with Crippen LogP contribution in [0.5, 0.6) is 0 Å². The minimum absolute atomic E-state index is 0.321. The molecule has 1 aliphatic carbocycles. The molecular formula is C15H19NO. The van der Waals surface area contributed by atoms with E-state index in [-0.39, 0.29) is 0 Å². The van der Waals surface area contributed by atoms with Gasteiger partial charge >= 0.3 is 0 Å². The first kappa shape index (κ1) is 10.8. The maximum atomic E-state index is 12.3. The van der Waals surface area contributed by atoms with E-state index in [4.69, 9.17) is 0 Å². The van der Waals surface area contributed by atoms with Gasteiger partial charge in [-0.05, 0) is 56.2 Å². The number of hydrogen-bond donors (Lipinski definition) is 0. The summed E-state index contributed by atoms with van der Waals surface area (Å²) in [5.41, 5.74) is 3.78. The molecule has 1 amide bonds. The van der Waals surface area contributed by atoms with Gasteiger partial charge in [0.1, 0.15) is 0 Å². The summed E-state index contributed by atoms with van der Waals surface area (Å²) >= 11 is 0. The highest BCUT2D eigenvalue weighted by Gasteiger charge is 2.34. The molecule has 0 aromatic heterocycles. The molecule has 1 heterocycles. The van der Waals surface area contributed by atoms with E-state index in [1.54, 1.807) is 0 Å². The van der Waals surface area contributed by atoms with Crippen molar-refractivity contribution in [2.75, 3.05) is 11.4 Å². The van der Waals surface area contributed by atoms with Gasteiger partial charge in [0.25, 0.3) is 0 Å². The first-order valence-electron chi connectivity index (χ1n) is 6.66. The van der Waals surface area contributed by atoms with Gasteiger partial charge in [-0.1, -0.05) is 12.1 Å². The van der Waals surface area contributed by atoms with Gasteiger partial charge in [-0.3, -0.25) is 4.79 Å². The Balaban J connectivity index is 1.98. The standard InChI is InChI=1S/C15H19NO/c1-11-5-6-12-4-2-3-9-16(14(12)10-11)15(17)13-7-8-13/h5-6,10,13H,2-4,7-9H2,1H3. The number of carbonyl (C=O) groups is 1. The van der Waals surface area contributed by atoms with E-state index in [0.717, 1.165) is 32.2 Å². The summed E-state index contributed by atoms with van der Waals surface area (Å²) in [6.07, 6.45) is 5.63. The van der Waals surface area contributed by atoms with Crippen LogP contribution in [0, 0.1) is 12.8 Å². The lowest BCUT2D eigenvalue weighted by atomic mass is 10.1. The molecule has 1 aromatic carbocycles. The number of fused-ring (bicyclic) bond motifs is 1. The Labute approximate surface area is 103 Å². The fourth-order valence-corrected chi connectivity index (χ4v) is 2.62. The number of amides is 1. The average Bonchev–Trinajstić information content (AvgIpc) is 3.14. The molecule has 0 unspecified atom stereocenters. The molecule has 3 rings (SSSR count). The number of rotatable bonds is 1. The van der Waals surface area contributed by atoms with Gasteiger partial charge in [-0.25, -0.2) is 0 Å². The van der Waals surface area contributed by atoms with Crippen molar-refractivity contribution in [3.8, 4) is 0 Å². The maximum absolute atomic E-state index is 12.3. The molecule has 1 fully saturated rings. The molecule has 1 saturated carbocycles. The lowest BCUT2D eigenvalue weighted by Crippen LogP contribution is -2.33. The summed E-state index contributed by atoms with van der Waals surface area (Å²) in [5.74, 6) is 0.681. The van der Waals surface area contributed by atoms with E-state index in [0.29, 0.717) is 11.8 Å². The third-order valence-corrected chi connectivity index (χ3v) is 3.80. The Morgan fingerprint density at radius 1 is 1.29 bits per heavy atom. The van der Waals surface area contributed by atoms with Crippen molar-refractivity contribution in [1.29, 1.82) is 0 Å². The van der Waals surface area contributed by atoms with Crippen molar-refractivity contribution < 1.29 is 4.79 Å². The minimum Gasteiger partial charge on any atom is -0.312 e. The monoisotopic (exact) mass is 229 g/mol. The predicted molar refractivity (Wildman–Crippen MR) is 69.2 cm³/mol. The van der Waals surface area contributed by atoms with Gasteiger partial charge in [0.05, 0.1) is 0 Å². The molecule has 2 nitrogen and oxygen atoms in total. The van der Waals surface area contributed by atoms with Crippen LogP contribution in [0.3, 0.4) is 0 Å². The molecular weight excluding hydrogens is 210 g/mol. The smallest absolute Gasteiger partial charge is 0.230 e. The van der Waals surface area contributed by atoms with E-state index < -0.39 is 0 Å². The normalized spacial score (nSPS) is 19.7. The molecule has 1 aliphatic heterocycles. The highest BCUT2D eigenvalue weighted by Crippen LogP contribution is 2.35. The first-order chi connectivity index (χ1) is 8.25. The summed E-state index contributed by atoms with van der Waals surface area (Å²) < 4.78 is 0. The summed E-state index contributed by atoms with van der Waals surface area (Å²) in [5, 5.41) is 0. The Kier molecular flexibility index (Phi) is 2.65. The van der Waals surface area contributed by atoms with E-state index in [1.807, 2.05) is 4.90 Å². The van der Waals surface area contributed by atoms with Crippen molar-refractivity contribution in [2.45, 2.75) is 39.0 Å². The van der Waals surface area contributed by atoms with Crippen molar-refractivity contribution in [2.24, 2.45) is 5.92 Å². The highest BCUT2D eigenvalue weighted by molar-refractivity contribution is 5.97. The number of carbonyl (C=O) groups excluding carboxylic acids is 1. The van der Waals surface area contributed by atoms with Crippen LogP contribution in [0.25, 0.3) is 0 Å². The second-order valence-corrected chi connectivity index (χ2v) is 5.35. The van der Waals surface area contributed by atoms with Crippen LogP contribution in [0.2, 0.25) is 0 Å². The highest BCUT2D eigenvalue weighted by atomic mass is 16.2. The predicted octanol–water partition coefficient (Wildman–Crippen LogP) is 3.07. The van der Waals surface area contributed by atoms with Gasteiger partial charge in [0, 0.05) is 18.2 Å². The fraction of sp³-hybridized carbons (Fsp3) is 0.533. The van der Waals surface area contributed by atoms with Crippen molar-refractivity contribution in [3.05, 3.63) is 29.3 Å². The van der Waals surface area contributed by atoms with Crippen LogP contribution >= 0.6 is 0 Å². The third kappa shape index (κ3) is 2.08. The first-order valence-corrected chi connectivity index (χ1v) is 6.66. The zero-order valence-electron chi connectivity index (χ0n) is 10.4. The van der Waals surface area contributed by atoms with Crippen LogP contribution < -0.4 is 4.90 Å². The van der Waals surface area contributed by atoms with E-state index in [2.05, 4.69) is 25.1 Å². The number of benzene rings is 1. The molecule has 2 heteroatoms. The van der Waals surface area contributed by atoms with E-state index in [1.165, 1.54) is 23.2 Å². The topological polar surface area (TPSA) is 20.3 Å². The fourth-order valence-electron chi connectivity index (χ4n) is 2.62. The van der Waals surface area contributed by atoms with Crippen molar-refractivity contribution in [1.82, 2.24) is 0 Å². The average molecular weight is 229 g/mol. The molecule has 17 heavy (non-hydrogen) atoms. The van der Waals surface area contributed by atoms with Gasteiger partial charge in [-0.15, -0.1) is 0 Å². The summed E-state index contributed by atoms with van der Waals surface area (Å²) in [4.78, 5) is 14.4. The largest absolute Gasteiger partial charge is 0.312 e. The molecule has 0 spiro atoms. The van der Waals surface area contributed by atoms with Crippen molar-refractivity contribution in [3.63, 3.8) is 0 Å². The van der Waals surface area contributed by atoms with Crippen LogP contribution in [-0.2, 0) is 11.2 Å². The SMILES string of the molecule is Cc1ccc2c(c1)N(C(=O)C1CC1)CCCC2. The summed E-state index contributed by atoms with van der Waals surface area (Å²) in [7, 11) is 0. The zero-order valence-corrected chi connectivity index (χ0v) is 10.4. The van der Waals surface area contributed by atoms with Gasteiger partial charge in [0.2, 0.25) is 5.91 Å². The molecule has 0 radical (unpaired) electrons. The molecule has 2 aliphatic rings. The Morgan fingerprint density at radius 3 is 2.88 bits per heavy atom. The lowest BCUT2D eigenvalue weighted by Gasteiger charge is -2.23. The molecule has 1 aromatic rings. The summed E-state index contributed by atoms with van der Waals surface area (Å²) in [6, 6.07) is 6.54. The maximum Gasteiger partial charge on any atom is 0.230 e. The van der Waals surface area contributed by atoms with E-state index in [9.17, 15) is 4.79 Å². The Morgan fingerprint density at radius 2 is 2.12 bits per heavy atom. The molecule has 0 N–H and O–H groups in total. The Hall–Kier alpha value is -1.31. The molecule has 0 bridgehead atoms. The second-order valence-electron chi connectivity index (χ2n) is 5.35. The summed E-state index contributed by atoms with van der Waals surface area (Å²) in [6.45, 7) is 3.01. The number of anilines is 1. The minimum atomic E-state index is 0.321. The van der Waals surface area contributed by atoms with Crippen LogP contribution in [-0.4, -0.2) is 12.5 Å². The lowest BCUT2D eigenvalue weighted by molar-refractivity contribution is -0.119. The van der Waals surface area contributed by atoms with Crippen LogP contribution in [0.4, 0.5) is 5.69 Å².